The van der Waals surface area contributed by atoms with Crippen LogP contribution >= 0.6 is 0 Å². The Bertz CT molecular complexity index is 931. The van der Waals surface area contributed by atoms with E-state index in [-0.39, 0.29) is 12.5 Å². The summed E-state index contributed by atoms with van der Waals surface area (Å²) >= 11 is 0. The number of guanidine groups is 1. The normalized spacial score (nSPS) is 15.7. The van der Waals surface area contributed by atoms with Crippen LogP contribution in [0.1, 0.15) is 12.8 Å². The first-order chi connectivity index (χ1) is 14.7. The van der Waals surface area contributed by atoms with Crippen LogP contribution in [0.25, 0.3) is 0 Å². The summed E-state index contributed by atoms with van der Waals surface area (Å²) < 4.78 is 16.9. The summed E-state index contributed by atoms with van der Waals surface area (Å²) in [6, 6.07) is 13.4. The maximum Gasteiger partial charge on any atom is 0.265 e. The molecule has 0 bridgehead atoms. The number of carbonyl (C=O) groups is 1. The van der Waals surface area contributed by atoms with E-state index in [2.05, 4.69) is 15.6 Å². The van der Waals surface area contributed by atoms with Crippen molar-refractivity contribution in [3.05, 3.63) is 42.5 Å². The van der Waals surface area contributed by atoms with Gasteiger partial charge in [0.05, 0.1) is 18.9 Å². The van der Waals surface area contributed by atoms with Gasteiger partial charge in [-0.1, -0.05) is 12.1 Å². The number of ether oxygens (including phenoxy) is 3. The van der Waals surface area contributed by atoms with Gasteiger partial charge in [0, 0.05) is 38.3 Å². The van der Waals surface area contributed by atoms with E-state index in [1.165, 1.54) is 0 Å². The molecule has 0 aromatic heterocycles. The average molecular weight is 410 g/mol. The van der Waals surface area contributed by atoms with E-state index < -0.39 is 0 Å². The predicted octanol–water partition coefficient (Wildman–Crippen LogP) is 2.65. The Balaban J connectivity index is 1.29. The molecule has 8 nitrogen and oxygen atoms in total. The lowest BCUT2D eigenvalue weighted by Gasteiger charge is -2.29. The molecule has 2 aliphatic rings. The highest BCUT2D eigenvalue weighted by molar-refractivity contribution is 5.97. The highest BCUT2D eigenvalue weighted by Crippen LogP contribution is 2.32. The molecule has 0 fully saturated rings. The Morgan fingerprint density at radius 2 is 1.90 bits per heavy atom. The lowest BCUT2D eigenvalue weighted by Crippen LogP contribution is -2.41. The largest absolute Gasteiger partial charge is 0.490 e. The van der Waals surface area contributed by atoms with Crippen LogP contribution in [0.2, 0.25) is 0 Å². The van der Waals surface area contributed by atoms with E-state index in [4.69, 9.17) is 14.2 Å². The maximum atomic E-state index is 12.2. The minimum Gasteiger partial charge on any atom is -0.490 e. The number of nitrogens with one attached hydrogen (secondary N) is 2. The Hall–Kier alpha value is -3.42. The number of rotatable bonds is 5. The summed E-state index contributed by atoms with van der Waals surface area (Å²) in [7, 11) is 1.72. The van der Waals surface area contributed by atoms with Gasteiger partial charge in [0.1, 0.15) is 5.75 Å². The van der Waals surface area contributed by atoms with E-state index in [1.807, 2.05) is 42.5 Å². The molecule has 0 radical (unpaired) electrons. The van der Waals surface area contributed by atoms with Gasteiger partial charge in [-0.2, -0.15) is 0 Å². The fourth-order valence-corrected chi connectivity index (χ4v) is 3.40. The summed E-state index contributed by atoms with van der Waals surface area (Å²) in [4.78, 5) is 18.3. The quantitative estimate of drug-likeness (QED) is 0.448. The fraction of sp³-hybridized carbons (Fsp3) is 0.364. The summed E-state index contributed by atoms with van der Waals surface area (Å²) in [5, 5.41) is 6.55. The van der Waals surface area contributed by atoms with Crippen molar-refractivity contribution >= 4 is 23.2 Å². The van der Waals surface area contributed by atoms with Gasteiger partial charge in [0.2, 0.25) is 0 Å². The third-order valence-electron chi connectivity index (χ3n) is 4.89. The zero-order chi connectivity index (χ0) is 20.8. The monoisotopic (exact) mass is 410 g/mol. The summed E-state index contributed by atoms with van der Waals surface area (Å²) in [6.45, 7) is 2.66. The number of benzene rings is 2. The van der Waals surface area contributed by atoms with Gasteiger partial charge in [-0.3, -0.25) is 9.79 Å². The third kappa shape index (κ3) is 4.59. The first kappa shape index (κ1) is 19.9. The van der Waals surface area contributed by atoms with E-state index in [9.17, 15) is 4.79 Å². The number of hydrogen-bond acceptors (Lipinski definition) is 5. The first-order valence-electron chi connectivity index (χ1n) is 10.1. The number of para-hydroxylation sites is 2. The number of hydrogen-bond donors (Lipinski definition) is 2. The van der Waals surface area contributed by atoms with E-state index in [0.717, 1.165) is 41.5 Å². The number of amides is 1. The molecule has 8 heteroatoms. The average Bonchev–Trinajstić information content (AvgIpc) is 3.02. The highest BCUT2D eigenvalue weighted by Gasteiger charge is 2.24. The summed E-state index contributed by atoms with van der Waals surface area (Å²) in [5.74, 6) is 2.87. The molecular formula is C22H26N4O4. The van der Waals surface area contributed by atoms with Crippen LogP contribution < -0.4 is 29.7 Å². The molecule has 4 rings (SSSR count). The number of anilines is 2. The second-order valence-corrected chi connectivity index (χ2v) is 6.99. The zero-order valence-corrected chi connectivity index (χ0v) is 17.0. The summed E-state index contributed by atoms with van der Waals surface area (Å²) in [5.41, 5.74) is 1.69. The number of aliphatic imine (C=N–C) groups is 1. The minimum atomic E-state index is -0.0246. The molecule has 0 spiro atoms. The van der Waals surface area contributed by atoms with Crippen LogP contribution in [0.3, 0.4) is 0 Å². The molecule has 2 aromatic rings. The van der Waals surface area contributed by atoms with E-state index in [1.54, 1.807) is 11.9 Å². The molecule has 0 saturated carbocycles. The van der Waals surface area contributed by atoms with Gasteiger partial charge < -0.3 is 29.7 Å². The Morgan fingerprint density at radius 1 is 1.07 bits per heavy atom. The second-order valence-electron chi connectivity index (χ2n) is 6.99. The SMILES string of the molecule is CN=C(NCCCN1C(=O)COc2ccccc21)Nc1ccc2c(c1)OCCCO2. The predicted molar refractivity (Wildman–Crippen MR) is 116 cm³/mol. The van der Waals surface area contributed by atoms with Crippen LogP contribution in [-0.2, 0) is 4.79 Å². The van der Waals surface area contributed by atoms with Crippen molar-refractivity contribution in [3.8, 4) is 17.2 Å². The minimum absolute atomic E-state index is 0.0246. The zero-order valence-electron chi connectivity index (χ0n) is 17.0. The van der Waals surface area contributed by atoms with Crippen molar-refractivity contribution in [2.75, 3.05) is 50.2 Å². The lowest BCUT2D eigenvalue weighted by molar-refractivity contribution is -0.121. The Labute approximate surface area is 175 Å². The second kappa shape index (κ2) is 9.39. The molecule has 1 amide bonds. The maximum absolute atomic E-state index is 12.2. The van der Waals surface area contributed by atoms with Crippen molar-refractivity contribution in [1.29, 1.82) is 0 Å². The molecule has 2 heterocycles. The number of fused-ring (bicyclic) bond motifs is 2. The van der Waals surface area contributed by atoms with Gasteiger partial charge >= 0.3 is 0 Å². The number of nitrogens with zero attached hydrogens (tertiary/aromatic N) is 2. The fourth-order valence-electron chi connectivity index (χ4n) is 3.40. The topological polar surface area (TPSA) is 84.4 Å². The van der Waals surface area contributed by atoms with Gasteiger partial charge in [0.15, 0.2) is 24.1 Å². The van der Waals surface area contributed by atoms with Crippen molar-refractivity contribution in [2.45, 2.75) is 12.8 Å². The molecule has 0 atom stereocenters. The van der Waals surface area contributed by atoms with Crippen molar-refractivity contribution in [3.63, 3.8) is 0 Å². The van der Waals surface area contributed by atoms with Gasteiger partial charge in [-0.05, 0) is 30.7 Å². The molecule has 0 saturated heterocycles. The Morgan fingerprint density at radius 3 is 2.77 bits per heavy atom. The van der Waals surface area contributed by atoms with Crippen molar-refractivity contribution in [2.24, 2.45) is 4.99 Å². The van der Waals surface area contributed by atoms with Crippen LogP contribution in [0, 0.1) is 0 Å². The van der Waals surface area contributed by atoms with Crippen LogP contribution in [0.4, 0.5) is 11.4 Å². The standard InChI is InChI=1S/C22H26N4O4/c1-23-22(25-16-8-9-19-20(14-16)29-13-5-12-28-19)24-10-4-11-26-17-6-2-3-7-18(17)30-15-21(26)27/h2-3,6-9,14H,4-5,10-13,15H2,1H3,(H2,23,24,25). The summed E-state index contributed by atoms with van der Waals surface area (Å²) in [6.07, 6.45) is 1.64. The Kier molecular flexibility index (Phi) is 6.22. The highest BCUT2D eigenvalue weighted by atomic mass is 16.5. The van der Waals surface area contributed by atoms with Crippen LogP contribution in [-0.4, -0.2) is 51.8 Å². The van der Waals surface area contributed by atoms with E-state index >= 15 is 0 Å². The van der Waals surface area contributed by atoms with Crippen molar-refractivity contribution < 1.29 is 19.0 Å². The molecule has 2 aliphatic heterocycles. The molecule has 30 heavy (non-hydrogen) atoms. The number of carbonyl (C=O) groups excluding carboxylic acids is 1. The third-order valence-corrected chi connectivity index (χ3v) is 4.89. The van der Waals surface area contributed by atoms with Crippen molar-refractivity contribution in [1.82, 2.24) is 5.32 Å². The van der Waals surface area contributed by atoms with Gasteiger partial charge in [-0.15, -0.1) is 0 Å². The van der Waals surface area contributed by atoms with Crippen LogP contribution in [0.15, 0.2) is 47.5 Å². The lowest BCUT2D eigenvalue weighted by atomic mass is 10.2. The van der Waals surface area contributed by atoms with Gasteiger partial charge in [-0.25, -0.2) is 0 Å². The molecule has 2 N–H and O–H groups in total. The first-order valence-corrected chi connectivity index (χ1v) is 10.1. The van der Waals surface area contributed by atoms with Crippen LogP contribution in [0.5, 0.6) is 17.2 Å². The molecule has 0 unspecified atom stereocenters. The molecule has 0 aliphatic carbocycles. The molecule has 2 aromatic carbocycles. The van der Waals surface area contributed by atoms with E-state index in [0.29, 0.717) is 32.3 Å². The molecular weight excluding hydrogens is 384 g/mol. The molecule has 158 valence electrons. The van der Waals surface area contributed by atoms with Gasteiger partial charge in [0.25, 0.3) is 5.91 Å². The smallest absolute Gasteiger partial charge is 0.265 e.